The summed E-state index contributed by atoms with van der Waals surface area (Å²) < 4.78 is 28.3. The van der Waals surface area contributed by atoms with Crippen molar-refractivity contribution in [1.29, 1.82) is 0 Å². The molecule has 4 rings (SSSR count). The summed E-state index contributed by atoms with van der Waals surface area (Å²) in [6.45, 7) is 3.05. The highest BCUT2D eigenvalue weighted by Crippen LogP contribution is 2.54. The van der Waals surface area contributed by atoms with Crippen molar-refractivity contribution in [2.45, 2.75) is 19.6 Å². The smallest absolute Gasteiger partial charge is 0.338 e. The third-order valence-corrected chi connectivity index (χ3v) is 5.37. The van der Waals surface area contributed by atoms with Gasteiger partial charge < -0.3 is 23.7 Å². The molecule has 184 valence electrons. The molecule has 1 aliphatic heterocycles. The Morgan fingerprint density at radius 3 is 2.08 bits per heavy atom. The van der Waals surface area contributed by atoms with Gasteiger partial charge in [0, 0.05) is 29.7 Å². The van der Waals surface area contributed by atoms with Crippen molar-refractivity contribution < 1.29 is 38.1 Å². The van der Waals surface area contributed by atoms with Crippen LogP contribution in [0.15, 0.2) is 72.8 Å². The first-order valence-corrected chi connectivity index (χ1v) is 11.2. The van der Waals surface area contributed by atoms with E-state index in [0.29, 0.717) is 11.1 Å². The molecule has 0 radical (unpaired) electrons. The second kappa shape index (κ2) is 10.4. The Hall–Kier alpha value is -4.59. The van der Waals surface area contributed by atoms with E-state index in [1.807, 2.05) is 60.7 Å². The molecule has 0 spiro atoms. The molecule has 1 heterocycles. The van der Waals surface area contributed by atoms with Gasteiger partial charge >= 0.3 is 23.7 Å². The SMILES string of the molecule is CCOC(=O)C=Cc1c(C(=O)OC)cc2c(c1OC(C)=O)OC(c1ccccc1)(c1ccccc1)O2. The molecule has 36 heavy (non-hydrogen) atoms. The van der Waals surface area contributed by atoms with Crippen LogP contribution in [0.25, 0.3) is 6.08 Å². The first-order valence-electron chi connectivity index (χ1n) is 11.2. The van der Waals surface area contributed by atoms with E-state index < -0.39 is 23.7 Å². The van der Waals surface area contributed by atoms with Gasteiger partial charge in [0.2, 0.25) is 5.75 Å². The first-order chi connectivity index (χ1) is 17.4. The Balaban J connectivity index is 1.96. The lowest BCUT2D eigenvalue weighted by atomic mass is 9.97. The Bertz CT molecular complexity index is 1270. The number of hydrogen-bond acceptors (Lipinski definition) is 8. The molecule has 8 nitrogen and oxygen atoms in total. The quantitative estimate of drug-likeness (QED) is 0.269. The monoisotopic (exact) mass is 488 g/mol. The van der Waals surface area contributed by atoms with Crippen LogP contribution in [-0.4, -0.2) is 31.6 Å². The van der Waals surface area contributed by atoms with Crippen molar-refractivity contribution in [2.75, 3.05) is 13.7 Å². The van der Waals surface area contributed by atoms with Crippen LogP contribution in [0.5, 0.6) is 17.2 Å². The molecule has 3 aromatic rings. The zero-order valence-corrected chi connectivity index (χ0v) is 20.0. The zero-order chi connectivity index (χ0) is 25.7. The molecular weight excluding hydrogens is 464 g/mol. The molecule has 0 atom stereocenters. The van der Waals surface area contributed by atoms with Crippen LogP contribution in [0.4, 0.5) is 0 Å². The number of methoxy groups -OCH3 is 1. The first kappa shape index (κ1) is 24.5. The van der Waals surface area contributed by atoms with Crippen molar-refractivity contribution in [3.05, 3.63) is 95.1 Å². The molecule has 0 saturated carbocycles. The molecule has 0 bridgehead atoms. The summed E-state index contributed by atoms with van der Waals surface area (Å²) in [7, 11) is 1.22. The number of carbonyl (C=O) groups excluding carboxylic acids is 3. The molecule has 0 fully saturated rings. The Morgan fingerprint density at radius 1 is 0.944 bits per heavy atom. The van der Waals surface area contributed by atoms with Gasteiger partial charge in [-0.2, -0.15) is 0 Å². The fraction of sp³-hybridized carbons (Fsp3) is 0.179. The van der Waals surface area contributed by atoms with Gasteiger partial charge in [-0.25, -0.2) is 9.59 Å². The molecule has 0 aliphatic carbocycles. The van der Waals surface area contributed by atoms with E-state index in [0.717, 1.165) is 6.08 Å². The topological polar surface area (TPSA) is 97.4 Å². The highest BCUT2D eigenvalue weighted by atomic mass is 16.7. The van der Waals surface area contributed by atoms with Crippen molar-refractivity contribution in [3.8, 4) is 17.2 Å². The van der Waals surface area contributed by atoms with Crippen molar-refractivity contribution in [3.63, 3.8) is 0 Å². The van der Waals surface area contributed by atoms with Crippen LogP contribution < -0.4 is 14.2 Å². The fourth-order valence-corrected chi connectivity index (χ4v) is 3.87. The maximum atomic E-state index is 12.7. The molecule has 0 N–H and O–H groups in total. The maximum absolute atomic E-state index is 12.7. The van der Waals surface area contributed by atoms with E-state index >= 15 is 0 Å². The summed E-state index contributed by atoms with van der Waals surface area (Å²) in [6.07, 6.45) is 2.44. The van der Waals surface area contributed by atoms with Crippen LogP contribution >= 0.6 is 0 Å². The van der Waals surface area contributed by atoms with Gasteiger partial charge in [0.05, 0.1) is 19.3 Å². The van der Waals surface area contributed by atoms with Gasteiger partial charge in [0.15, 0.2) is 11.5 Å². The van der Waals surface area contributed by atoms with Gasteiger partial charge in [0.1, 0.15) is 0 Å². The predicted molar refractivity (Wildman–Crippen MR) is 130 cm³/mol. The van der Waals surface area contributed by atoms with Crippen LogP contribution in [0, 0.1) is 0 Å². The highest BCUT2D eigenvalue weighted by molar-refractivity contribution is 5.99. The molecule has 1 aliphatic rings. The van der Waals surface area contributed by atoms with Crippen LogP contribution in [-0.2, 0) is 24.8 Å². The van der Waals surface area contributed by atoms with Gasteiger partial charge in [-0.1, -0.05) is 60.7 Å². The largest absolute Gasteiger partial charge is 0.465 e. The van der Waals surface area contributed by atoms with Crippen molar-refractivity contribution in [2.24, 2.45) is 0 Å². The van der Waals surface area contributed by atoms with Crippen LogP contribution in [0.3, 0.4) is 0 Å². The lowest BCUT2D eigenvalue weighted by molar-refractivity contribution is -0.137. The van der Waals surface area contributed by atoms with Gasteiger partial charge in [-0.3, -0.25) is 4.79 Å². The zero-order valence-electron chi connectivity index (χ0n) is 20.0. The Kier molecular flexibility index (Phi) is 7.05. The molecule has 0 amide bonds. The minimum absolute atomic E-state index is 0.00794. The van der Waals surface area contributed by atoms with E-state index in [-0.39, 0.29) is 35.0 Å². The molecule has 0 saturated heterocycles. The van der Waals surface area contributed by atoms with E-state index in [1.54, 1.807) is 6.92 Å². The third kappa shape index (κ3) is 4.65. The maximum Gasteiger partial charge on any atom is 0.338 e. The summed E-state index contributed by atoms with van der Waals surface area (Å²) >= 11 is 0. The molecule has 8 heteroatoms. The average molecular weight is 488 g/mol. The normalized spacial score (nSPS) is 13.3. The third-order valence-electron chi connectivity index (χ3n) is 5.37. The minimum Gasteiger partial charge on any atom is -0.465 e. The summed E-state index contributed by atoms with van der Waals surface area (Å²) in [5.41, 5.74) is 1.45. The minimum atomic E-state index is -1.43. The lowest BCUT2D eigenvalue weighted by Crippen LogP contribution is -2.36. The molecular formula is C28H24O8. The van der Waals surface area contributed by atoms with E-state index in [2.05, 4.69) is 0 Å². The van der Waals surface area contributed by atoms with E-state index in [9.17, 15) is 14.4 Å². The summed E-state index contributed by atoms with van der Waals surface area (Å²) in [6, 6.07) is 19.9. The number of esters is 3. The summed E-state index contributed by atoms with van der Waals surface area (Å²) in [4.78, 5) is 36.9. The summed E-state index contributed by atoms with van der Waals surface area (Å²) in [5, 5.41) is 0. The van der Waals surface area contributed by atoms with E-state index in [4.69, 9.17) is 23.7 Å². The second-order valence-electron chi connectivity index (χ2n) is 7.72. The number of rotatable bonds is 7. The van der Waals surface area contributed by atoms with Crippen LogP contribution in [0.2, 0.25) is 0 Å². The molecule has 0 aromatic heterocycles. The lowest BCUT2D eigenvalue weighted by Gasteiger charge is -2.28. The van der Waals surface area contributed by atoms with Crippen molar-refractivity contribution >= 4 is 24.0 Å². The van der Waals surface area contributed by atoms with Crippen LogP contribution in [0.1, 0.15) is 40.9 Å². The number of ether oxygens (including phenoxy) is 5. The fourth-order valence-electron chi connectivity index (χ4n) is 3.87. The van der Waals surface area contributed by atoms with E-state index in [1.165, 1.54) is 26.2 Å². The molecule has 0 unspecified atom stereocenters. The number of carbonyl (C=O) groups is 3. The average Bonchev–Trinajstić information content (AvgIpc) is 3.29. The molecule has 3 aromatic carbocycles. The second-order valence-corrected chi connectivity index (χ2v) is 7.72. The number of fused-ring (bicyclic) bond motifs is 1. The van der Waals surface area contributed by atoms with Gasteiger partial charge in [-0.15, -0.1) is 0 Å². The standard InChI is InChI=1S/C28H24O8/c1-4-33-24(30)16-15-21-22(27(31)32-3)17-23-26(25(21)34-18(2)29)36-28(35-23,19-11-7-5-8-12-19)20-13-9-6-10-14-20/h5-17H,4H2,1-3H3. The summed E-state index contributed by atoms with van der Waals surface area (Å²) in [5.74, 6) is -3.30. The number of hydrogen-bond donors (Lipinski definition) is 0. The highest BCUT2D eigenvalue weighted by Gasteiger charge is 2.48. The van der Waals surface area contributed by atoms with Gasteiger partial charge in [-0.05, 0) is 19.1 Å². The Labute approximate surface area is 208 Å². The Morgan fingerprint density at radius 2 is 1.56 bits per heavy atom. The predicted octanol–water partition coefficient (Wildman–Crippen LogP) is 4.65. The van der Waals surface area contributed by atoms with Gasteiger partial charge in [0.25, 0.3) is 0 Å². The van der Waals surface area contributed by atoms with Crippen molar-refractivity contribution in [1.82, 2.24) is 0 Å². The number of benzene rings is 3.